The molecule has 0 aromatic heterocycles. The summed E-state index contributed by atoms with van der Waals surface area (Å²) in [5.41, 5.74) is 5.38. The first-order valence-electron chi connectivity index (χ1n) is 8.92. The maximum atomic E-state index is 4.11. The van der Waals surface area contributed by atoms with E-state index in [9.17, 15) is 0 Å². The SMILES string of the molecule is C=C(C)NC(C)Cc1ccc(NC(=C)CCCNC(=C)/C=C\C)cc1. The molecule has 0 aliphatic rings. The van der Waals surface area contributed by atoms with Crippen molar-refractivity contribution in [3.05, 3.63) is 78.8 Å². The van der Waals surface area contributed by atoms with E-state index in [0.29, 0.717) is 6.04 Å². The predicted molar refractivity (Wildman–Crippen MR) is 112 cm³/mol. The Morgan fingerprint density at radius 1 is 1.16 bits per heavy atom. The zero-order valence-electron chi connectivity index (χ0n) is 16.0. The lowest BCUT2D eigenvalue weighted by molar-refractivity contribution is 0.612. The number of rotatable bonds is 12. The van der Waals surface area contributed by atoms with Crippen molar-refractivity contribution in [2.24, 2.45) is 0 Å². The average Bonchev–Trinajstić information content (AvgIpc) is 2.53. The van der Waals surface area contributed by atoms with Gasteiger partial charge in [-0.25, -0.2) is 0 Å². The molecule has 0 fully saturated rings. The quantitative estimate of drug-likeness (QED) is 0.365. The lowest BCUT2D eigenvalue weighted by atomic mass is 10.1. The van der Waals surface area contributed by atoms with Crippen molar-refractivity contribution >= 4 is 5.69 Å². The molecule has 0 aliphatic heterocycles. The van der Waals surface area contributed by atoms with Gasteiger partial charge >= 0.3 is 0 Å². The summed E-state index contributed by atoms with van der Waals surface area (Å²) < 4.78 is 0. The first kappa shape index (κ1) is 20.6. The monoisotopic (exact) mass is 339 g/mol. The number of anilines is 1. The van der Waals surface area contributed by atoms with Crippen LogP contribution < -0.4 is 16.0 Å². The minimum atomic E-state index is 0.385. The van der Waals surface area contributed by atoms with Crippen molar-refractivity contribution in [1.29, 1.82) is 0 Å². The second-order valence-electron chi connectivity index (χ2n) is 6.51. The average molecular weight is 340 g/mol. The van der Waals surface area contributed by atoms with E-state index in [1.807, 2.05) is 26.0 Å². The first-order valence-corrected chi connectivity index (χ1v) is 8.92. The Kier molecular flexibility index (Phi) is 9.23. The molecule has 25 heavy (non-hydrogen) atoms. The normalized spacial score (nSPS) is 11.8. The van der Waals surface area contributed by atoms with Gasteiger partial charge in [-0.05, 0) is 63.8 Å². The Hall–Kier alpha value is -2.42. The van der Waals surface area contributed by atoms with Crippen molar-refractivity contribution in [1.82, 2.24) is 10.6 Å². The second-order valence-corrected chi connectivity index (χ2v) is 6.51. The summed E-state index contributed by atoms with van der Waals surface area (Å²) in [5.74, 6) is 0. The van der Waals surface area contributed by atoms with Crippen LogP contribution in [0.3, 0.4) is 0 Å². The molecule has 0 spiro atoms. The topological polar surface area (TPSA) is 36.1 Å². The van der Waals surface area contributed by atoms with Crippen molar-refractivity contribution in [3.63, 3.8) is 0 Å². The van der Waals surface area contributed by atoms with E-state index in [4.69, 9.17) is 0 Å². The Morgan fingerprint density at radius 2 is 1.84 bits per heavy atom. The van der Waals surface area contributed by atoms with E-state index in [1.165, 1.54) is 5.56 Å². The van der Waals surface area contributed by atoms with E-state index in [0.717, 1.165) is 48.6 Å². The number of allylic oxidation sites excluding steroid dienone is 4. The molecule has 0 heterocycles. The van der Waals surface area contributed by atoms with Crippen LogP contribution in [-0.4, -0.2) is 12.6 Å². The largest absolute Gasteiger partial charge is 0.386 e. The van der Waals surface area contributed by atoms with Gasteiger partial charge in [0.2, 0.25) is 0 Å². The number of hydrogen-bond donors (Lipinski definition) is 3. The van der Waals surface area contributed by atoms with Gasteiger partial charge < -0.3 is 16.0 Å². The molecule has 1 aromatic rings. The van der Waals surface area contributed by atoms with Gasteiger partial charge in [-0.15, -0.1) is 0 Å². The van der Waals surface area contributed by atoms with Gasteiger partial charge in [-0.2, -0.15) is 0 Å². The third kappa shape index (κ3) is 9.46. The van der Waals surface area contributed by atoms with Crippen LogP contribution in [0.15, 0.2) is 73.2 Å². The van der Waals surface area contributed by atoms with Crippen LogP contribution in [0.25, 0.3) is 0 Å². The van der Waals surface area contributed by atoms with Crippen molar-refractivity contribution in [2.45, 2.75) is 46.1 Å². The van der Waals surface area contributed by atoms with E-state index in [1.54, 1.807) is 0 Å². The first-order chi connectivity index (χ1) is 11.9. The molecule has 1 rings (SSSR count). The van der Waals surface area contributed by atoms with Gasteiger partial charge in [0.05, 0.1) is 0 Å². The Balaban J connectivity index is 2.33. The summed E-state index contributed by atoms with van der Waals surface area (Å²) in [6, 6.07) is 8.93. The van der Waals surface area contributed by atoms with Gasteiger partial charge in [0, 0.05) is 35.4 Å². The van der Waals surface area contributed by atoms with Crippen molar-refractivity contribution < 1.29 is 0 Å². The summed E-state index contributed by atoms with van der Waals surface area (Å²) >= 11 is 0. The minimum absolute atomic E-state index is 0.385. The van der Waals surface area contributed by atoms with Crippen LogP contribution in [0.2, 0.25) is 0 Å². The maximum Gasteiger partial charge on any atom is 0.0381 e. The lowest BCUT2D eigenvalue weighted by Gasteiger charge is -2.15. The maximum absolute atomic E-state index is 4.11. The number of nitrogens with one attached hydrogen (secondary N) is 3. The fraction of sp³-hybridized carbons (Fsp3) is 0.364. The van der Waals surface area contributed by atoms with Gasteiger partial charge in [0.25, 0.3) is 0 Å². The zero-order valence-corrected chi connectivity index (χ0v) is 16.0. The molecule has 0 aliphatic carbocycles. The highest BCUT2D eigenvalue weighted by Gasteiger charge is 2.03. The summed E-state index contributed by atoms with van der Waals surface area (Å²) in [7, 11) is 0. The van der Waals surface area contributed by atoms with Crippen molar-refractivity contribution in [2.75, 3.05) is 11.9 Å². The highest BCUT2D eigenvalue weighted by Crippen LogP contribution is 2.15. The van der Waals surface area contributed by atoms with Crippen molar-refractivity contribution in [3.8, 4) is 0 Å². The van der Waals surface area contributed by atoms with Gasteiger partial charge in [0.15, 0.2) is 0 Å². The molecule has 3 N–H and O–H groups in total. The zero-order chi connectivity index (χ0) is 18.7. The van der Waals surface area contributed by atoms with E-state index in [2.05, 4.69) is 66.9 Å². The second kappa shape index (κ2) is 11.2. The molecule has 0 saturated carbocycles. The molecule has 1 unspecified atom stereocenters. The van der Waals surface area contributed by atoms with Gasteiger partial charge in [0.1, 0.15) is 0 Å². The fourth-order valence-electron chi connectivity index (χ4n) is 2.63. The molecule has 0 saturated heterocycles. The van der Waals surface area contributed by atoms with Crippen LogP contribution in [0, 0.1) is 0 Å². The Labute approximate surface area is 153 Å². The molecule has 0 radical (unpaired) electrons. The number of hydrogen-bond acceptors (Lipinski definition) is 3. The standard InChI is InChI=1S/C22H33N3/c1-7-9-18(4)23-15-8-10-19(5)25-22-13-11-21(12-14-22)16-20(6)24-17(2)3/h7,9,11-14,20,23-25H,2,4-5,8,10,15-16H2,1,3,6H3/b9-7-. The summed E-state index contributed by atoms with van der Waals surface area (Å²) in [4.78, 5) is 0. The predicted octanol–water partition coefficient (Wildman–Crippen LogP) is 5.13. The van der Waals surface area contributed by atoms with Crippen LogP contribution in [0.4, 0.5) is 5.69 Å². The molecular formula is C22H33N3. The third-order valence-electron chi connectivity index (χ3n) is 3.68. The molecule has 3 heteroatoms. The summed E-state index contributed by atoms with van der Waals surface area (Å²) in [6.07, 6.45) is 6.88. The van der Waals surface area contributed by atoms with E-state index < -0.39 is 0 Å². The molecule has 1 atom stereocenters. The third-order valence-corrected chi connectivity index (χ3v) is 3.68. The Morgan fingerprint density at radius 3 is 2.44 bits per heavy atom. The lowest BCUT2D eigenvalue weighted by Crippen LogP contribution is -2.25. The molecule has 136 valence electrons. The van der Waals surface area contributed by atoms with Crippen LogP contribution in [0.5, 0.6) is 0 Å². The fourth-order valence-corrected chi connectivity index (χ4v) is 2.63. The van der Waals surface area contributed by atoms with Crippen LogP contribution >= 0.6 is 0 Å². The minimum Gasteiger partial charge on any atom is -0.386 e. The Bertz CT molecular complexity index is 596. The van der Waals surface area contributed by atoms with Gasteiger partial charge in [-0.3, -0.25) is 0 Å². The van der Waals surface area contributed by atoms with Crippen LogP contribution in [0.1, 0.15) is 39.2 Å². The smallest absolute Gasteiger partial charge is 0.0381 e. The molecule has 1 aromatic carbocycles. The molecular weight excluding hydrogens is 306 g/mol. The number of benzene rings is 1. The van der Waals surface area contributed by atoms with Crippen LogP contribution in [-0.2, 0) is 6.42 Å². The summed E-state index contributed by atoms with van der Waals surface area (Å²) in [6.45, 7) is 19.0. The van der Waals surface area contributed by atoms with E-state index in [-0.39, 0.29) is 0 Å². The highest BCUT2D eigenvalue weighted by molar-refractivity contribution is 5.48. The van der Waals surface area contributed by atoms with Gasteiger partial charge in [-0.1, -0.05) is 37.9 Å². The summed E-state index contributed by atoms with van der Waals surface area (Å²) in [5, 5.41) is 10.0. The van der Waals surface area contributed by atoms with E-state index >= 15 is 0 Å². The highest BCUT2D eigenvalue weighted by atomic mass is 14.9. The molecule has 0 amide bonds. The molecule has 0 bridgehead atoms. The molecule has 3 nitrogen and oxygen atoms in total.